The molecule has 1 fully saturated rings. The Morgan fingerprint density at radius 3 is 2.69 bits per heavy atom. The highest BCUT2D eigenvalue weighted by molar-refractivity contribution is 7.99. The molecule has 0 aliphatic heterocycles. The van der Waals surface area contributed by atoms with E-state index in [-0.39, 0.29) is 0 Å². The summed E-state index contributed by atoms with van der Waals surface area (Å²) in [6.07, 6.45) is 7.71. The van der Waals surface area contributed by atoms with Crippen LogP contribution in [0, 0.1) is 0 Å². The number of nitrogens with one attached hydrogen (secondary N) is 1. The van der Waals surface area contributed by atoms with Crippen LogP contribution in [0.5, 0.6) is 0 Å². The van der Waals surface area contributed by atoms with Gasteiger partial charge in [-0.15, -0.1) is 11.3 Å². The third-order valence-electron chi connectivity index (χ3n) is 3.46. The minimum absolute atomic E-state index is 0.524. The maximum absolute atomic E-state index is 3.77. The van der Waals surface area contributed by atoms with Crippen LogP contribution in [0.25, 0.3) is 0 Å². The molecule has 0 spiro atoms. The largest absolute Gasteiger partial charge is 0.307 e. The predicted molar refractivity (Wildman–Crippen MR) is 75.4 cm³/mol. The van der Waals surface area contributed by atoms with Crippen molar-refractivity contribution in [2.45, 2.75) is 49.9 Å². The zero-order valence-corrected chi connectivity index (χ0v) is 11.7. The molecule has 3 heteroatoms. The van der Waals surface area contributed by atoms with Crippen molar-refractivity contribution in [3.63, 3.8) is 0 Å². The first kappa shape index (κ1) is 12.5. The van der Waals surface area contributed by atoms with E-state index < -0.39 is 0 Å². The van der Waals surface area contributed by atoms with Gasteiger partial charge >= 0.3 is 0 Å². The van der Waals surface area contributed by atoms with Crippen LogP contribution < -0.4 is 5.32 Å². The summed E-state index contributed by atoms with van der Waals surface area (Å²) >= 11 is 3.90. The van der Waals surface area contributed by atoms with Gasteiger partial charge in [0.05, 0.1) is 0 Å². The Balaban J connectivity index is 1.78. The molecular formula is C13H21NS2. The summed E-state index contributed by atoms with van der Waals surface area (Å²) in [5.41, 5.74) is 0. The number of rotatable bonds is 4. The zero-order valence-electron chi connectivity index (χ0n) is 10.1. The third-order valence-corrected chi connectivity index (χ3v) is 5.66. The van der Waals surface area contributed by atoms with Crippen molar-refractivity contribution in [1.29, 1.82) is 0 Å². The predicted octanol–water partition coefficient (Wildman–Crippen LogP) is 4.07. The summed E-state index contributed by atoms with van der Waals surface area (Å²) in [5.74, 6) is 0. The summed E-state index contributed by atoms with van der Waals surface area (Å²) in [4.78, 5) is 1.46. The van der Waals surface area contributed by atoms with Gasteiger partial charge in [-0.2, -0.15) is 11.8 Å². The molecule has 1 aliphatic rings. The summed E-state index contributed by atoms with van der Waals surface area (Å²) < 4.78 is 0. The number of hydrogen-bond donors (Lipinski definition) is 1. The Kier molecular flexibility index (Phi) is 4.74. The Morgan fingerprint density at radius 2 is 2.12 bits per heavy atom. The Labute approximate surface area is 107 Å². The van der Waals surface area contributed by atoms with Crippen molar-refractivity contribution in [3.8, 4) is 0 Å². The second-order valence-corrected chi connectivity index (χ2v) is 6.73. The number of thiophene rings is 1. The van der Waals surface area contributed by atoms with E-state index in [1.165, 1.54) is 30.6 Å². The van der Waals surface area contributed by atoms with Gasteiger partial charge in [0.1, 0.15) is 0 Å². The Bertz CT molecular complexity index is 289. The molecule has 1 N–H and O–H groups in total. The van der Waals surface area contributed by atoms with E-state index in [0.717, 1.165) is 11.3 Å². The Hall–Kier alpha value is 0.01000. The molecule has 1 unspecified atom stereocenters. The van der Waals surface area contributed by atoms with Crippen LogP contribution in [0.3, 0.4) is 0 Å². The van der Waals surface area contributed by atoms with Crippen molar-refractivity contribution in [2.24, 2.45) is 0 Å². The van der Waals surface area contributed by atoms with Crippen molar-refractivity contribution in [3.05, 3.63) is 22.4 Å². The maximum atomic E-state index is 3.77. The smallest absolute Gasteiger partial charge is 0.0388 e. The topological polar surface area (TPSA) is 12.0 Å². The maximum Gasteiger partial charge on any atom is 0.0388 e. The van der Waals surface area contributed by atoms with Gasteiger partial charge in [-0.25, -0.2) is 0 Å². The molecule has 0 amide bonds. The lowest BCUT2D eigenvalue weighted by molar-refractivity contribution is 0.354. The molecule has 1 aromatic heterocycles. The average Bonchev–Trinajstić information content (AvgIpc) is 2.83. The summed E-state index contributed by atoms with van der Waals surface area (Å²) in [6.45, 7) is 2.28. The van der Waals surface area contributed by atoms with Gasteiger partial charge in [-0.05, 0) is 50.3 Å². The van der Waals surface area contributed by atoms with E-state index >= 15 is 0 Å². The van der Waals surface area contributed by atoms with E-state index in [4.69, 9.17) is 0 Å². The lowest BCUT2D eigenvalue weighted by Gasteiger charge is -2.30. The lowest BCUT2D eigenvalue weighted by atomic mass is 9.94. The standard InChI is InChI=1S/C13H21NS2/c1-10(13-4-3-9-16-13)14-11-5-7-12(15-2)8-6-11/h3-4,9-12,14H,5-8H2,1-2H3. The average molecular weight is 255 g/mol. The second-order valence-electron chi connectivity index (χ2n) is 4.61. The molecule has 1 atom stereocenters. The third kappa shape index (κ3) is 3.25. The van der Waals surface area contributed by atoms with Crippen LogP contribution in [-0.4, -0.2) is 17.5 Å². The molecule has 16 heavy (non-hydrogen) atoms. The highest BCUT2D eigenvalue weighted by Gasteiger charge is 2.21. The SMILES string of the molecule is CSC1CCC(NC(C)c2cccs2)CC1. The summed E-state index contributed by atoms with van der Waals surface area (Å²) in [6, 6.07) is 5.63. The van der Waals surface area contributed by atoms with Crippen molar-refractivity contribution in [1.82, 2.24) is 5.32 Å². The molecule has 0 bridgehead atoms. The fourth-order valence-corrected chi connectivity index (χ4v) is 3.93. The minimum atomic E-state index is 0.524. The van der Waals surface area contributed by atoms with Crippen LogP contribution in [0.4, 0.5) is 0 Å². The van der Waals surface area contributed by atoms with E-state index in [1.54, 1.807) is 0 Å². The zero-order chi connectivity index (χ0) is 11.4. The monoisotopic (exact) mass is 255 g/mol. The van der Waals surface area contributed by atoms with E-state index in [1.807, 2.05) is 23.1 Å². The van der Waals surface area contributed by atoms with Gasteiger partial charge in [-0.3, -0.25) is 0 Å². The van der Waals surface area contributed by atoms with E-state index in [2.05, 4.69) is 36.0 Å². The van der Waals surface area contributed by atoms with Crippen molar-refractivity contribution in [2.75, 3.05) is 6.26 Å². The fourth-order valence-electron chi connectivity index (χ4n) is 2.44. The highest BCUT2D eigenvalue weighted by atomic mass is 32.2. The van der Waals surface area contributed by atoms with Crippen LogP contribution in [0.2, 0.25) is 0 Å². The first-order valence-corrected chi connectivity index (χ1v) is 8.28. The summed E-state index contributed by atoms with van der Waals surface area (Å²) in [7, 11) is 0. The first-order valence-electron chi connectivity index (χ1n) is 6.12. The molecule has 0 radical (unpaired) electrons. The van der Waals surface area contributed by atoms with Crippen molar-refractivity contribution < 1.29 is 0 Å². The van der Waals surface area contributed by atoms with Crippen LogP contribution in [0.1, 0.15) is 43.5 Å². The number of thioether (sulfide) groups is 1. The van der Waals surface area contributed by atoms with Crippen LogP contribution >= 0.6 is 23.1 Å². The second kappa shape index (κ2) is 6.08. The van der Waals surface area contributed by atoms with Gasteiger partial charge in [-0.1, -0.05) is 6.07 Å². The van der Waals surface area contributed by atoms with E-state index in [9.17, 15) is 0 Å². The molecule has 90 valence electrons. The van der Waals surface area contributed by atoms with Gasteiger partial charge in [0, 0.05) is 22.2 Å². The van der Waals surface area contributed by atoms with Crippen LogP contribution in [-0.2, 0) is 0 Å². The molecule has 1 heterocycles. The van der Waals surface area contributed by atoms with Crippen LogP contribution in [0.15, 0.2) is 17.5 Å². The Morgan fingerprint density at radius 1 is 1.38 bits per heavy atom. The van der Waals surface area contributed by atoms with Crippen molar-refractivity contribution >= 4 is 23.1 Å². The molecule has 1 aromatic rings. The van der Waals surface area contributed by atoms with Gasteiger partial charge in [0.15, 0.2) is 0 Å². The van der Waals surface area contributed by atoms with Gasteiger partial charge < -0.3 is 5.32 Å². The highest BCUT2D eigenvalue weighted by Crippen LogP contribution is 2.28. The van der Waals surface area contributed by atoms with Gasteiger partial charge in [0.2, 0.25) is 0 Å². The lowest BCUT2D eigenvalue weighted by Crippen LogP contribution is -2.35. The molecule has 1 nitrogen and oxygen atoms in total. The molecule has 1 saturated carbocycles. The normalized spacial score (nSPS) is 27.9. The molecule has 0 saturated heterocycles. The minimum Gasteiger partial charge on any atom is -0.307 e. The molecule has 0 aromatic carbocycles. The molecule has 1 aliphatic carbocycles. The van der Waals surface area contributed by atoms with Gasteiger partial charge in [0.25, 0.3) is 0 Å². The molecular weight excluding hydrogens is 234 g/mol. The van der Waals surface area contributed by atoms with E-state index in [0.29, 0.717) is 6.04 Å². The molecule has 2 rings (SSSR count). The first-order chi connectivity index (χ1) is 7.79. The number of hydrogen-bond acceptors (Lipinski definition) is 3. The summed E-state index contributed by atoms with van der Waals surface area (Å²) in [5, 5.41) is 6.84. The quantitative estimate of drug-likeness (QED) is 0.870. The fraction of sp³-hybridized carbons (Fsp3) is 0.692.